The summed E-state index contributed by atoms with van der Waals surface area (Å²) in [5.41, 5.74) is 4.75. The zero-order chi connectivity index (χ0) is 11.4. The van der Waals surface area contributed by atoms with Gasteiger partial charge >= 0.3 is 0 Å². The average molecular weight is 245 g/mol. The van der Waals surface area contributed by atoms with Crippen molar-refractivity contribution in [3.8, 4) is 0 Å². The summed E-state index contributed by atoms with van der Waals surface area (Å²) >= 11 is 11.8. The van der Waals surface area contributed by atoms with Gasteiger partial charge in [-0.15, -0.1) is 6.58 Å². The van der Waals surface area contributed by atoms with Crippen molar-refractivity contribution in [3.63, 3.8) is 0 Å². The topological polar surface area (TPSA) is 38.0 Å². The van der Waals surface area contributed by atoms with Crippen LogP contribution in [0.2, 0.25) is 10.0 Å². The van der Waals surface area contributed by atoms with Crippen LogP contribution < -0.4 is 11.3 Å². The van der Waals surface area contributed by atoms with Crippen LogP contribution in [0.1, 0.15) is 24.9 Å². The Morgan fingerprint density at radius 1 is 1.40 bits per heavy atom. The number of hydrazine groups is 1. The molecule has 0 aromatic heterocycles. The second-order valence-corrected chi connectivity index (χ2v) is 4.46. The maximum Gasteiger partial charge on any atom is 0.0497 e. The van der Waals surface area contributed by atoms with Crippen LogP contribution in [0, 0.1) is 0 Å². The molecular weight excluding hydrogens is 231 g/mol. The molecule has 0 aliphatic rings. The second kappa shape index (κ2) is 5.52. The van der Waals surface area contributed by atoms with Crippen molar-refractivity contribution in [3.05, 3.63) is 46.0 Å². The molecule has 0 fully saturated rings. The SMILES string of the molecule is C=C(C)CC(NN)c1cc(Cl)cc(Cl)c1. The lowest BCUT2D eigenvalue weighted by molar-refractivity contribution is 0.550. The van der Waals surface area contributed by atoms with Gasteiger partial charge in [-0.05, 0) is 37.1 Å². The van der Waals surface area contributed by atoms with Crippen LogP contribution in [0.4, 0.5) is 0 Å². The summed E-state index contributed by atoms with van der Waals surface area (Å²) in [6, 6.07) is 5.39. The van der Waals surface area contributed by atoms with Crippen LogP contribution in [0.15, 0.2) is 30.4 Å². The van der Waals surface area contributed by atoms with Gasteiger partial charge in [0.1, 0.15) is 0 Å². The van der Waals surface area contributed by atoms with Gasteiger partial charge in [0, 0.05) is 16.1 Å². The maximum atomic E-state index is 5.91. The highest BCUT2D eigenvalue weighted by atomic mass is 35.5. The molecule has 0 aliphatic heterocycles. The number of rotatable bonds is 4. The van der Waals surface area contributed by atoms with Crippen LogP contribution in [0.5, 0.6) is 0 Å². The Morgan fingerprint density at radius 3 is 2.33 bits per heavy atom. The number of hydrogen-bond donors (Lipinski definition) is 2. The molecule has 0 heterocycles. The molecule has 15 heavy (non-hydrogen) atoms. The Balaban J connectivity index is 2.95. The van der Waals surface area contributed by atoms with Gasteiger partial charge in [-0.3, -0.25) is 11.3 Å². The Morgan fingerprint density at radius 2 is 1.93 bits per heavy atom. The molecule has 0 bridgehead atoms. The summed E-state index contributed by atoms with van der Waals surface area (Å²) in [5.74, 6) is 5.48. The molecule has 0 aliphatic carbocycles. The fraction of sp³-hybridized carbons (Fsp3) is 0.273. The van der Waals surface area contributed by atoms with Crippen LogP contribution in [0.3, 0.4) is 0 Å². The fourth-order valence-corrected chi connectivity index (χ4v) is 1.94. The molecular formula is C11H14Cl2N2. The Hall–Kier alpha value is -0.540. The van der Waals surface area contributed by atoms with Crippen molar-refractivity contribution in [2.45, 2.75) is 19.4 Å². The van der Waals surface area contributed by atoms with Gasteiger partial charge in [-0.2, -0.15) is 0 Å². The number of nitrogens with two attached hydrogens (primary N) is 1. The molecule has 2 nitrogen and oxygen atoms in total. The second-order valence-electron chi connectivity index (χ2n) is 3.58. The molecule has 1 aromatic carbocycles. The summed E-state index contributed by atoms with van der Waals surface area (Å²) < 4.78 is 0. The third-order valence-corrected chi connectivity index (χ3v) is 2.48. The van der Waals surface area contributed by atoms with Crippen molar-refractivity contribution in [2.24, 2.45) is 5.84 Å². The molecule has 4 heteroatoms. The summed E-state index contributed by atoms with van der Waals surface area (Å²) in [6.07, 6.45) is 0.757. The standard InChI is InChI=1S/C11H14Cl2N2/c1-7(2)3-11(15-14)8-4-9(12)6-10(13)5-8/h4-6,11,15H,1,3,14H2,2H3. The number of halogens is 2. The number of hydrogen-bond acceptors (Lipinski definition) is 2. The van der Waals surface area contributed by atoms with E-state index in [0.717, 1.165) is 17.6 Å². The van der Waals surface area contributed by atoms with E-state index in [2.05, 4.69) is 12.0 Å². The molecule has 1 atom stereocenters. The summed E-state index contributed by atoms with van der Waals surface area (Å²) in [6.45, 7) is 5.81. The van der Waals surface area contributed by atoms with Gasteiger partial charge in [-0.25, -0.2) is 0 Å². The normalized spacial score (nSPS) is 12.5. The number of benzene rings is 1. The van der Waals surface area contributed by atoms with E-state index in [1.165, 1.54) is 0 Å². The fourth-order valence-electron chi connectivity index (χ4n) is 1.40. The first-order valence-electron chi connectivity index (χ1n) is 4.59. The molecule has 1 unspecified atom stereocenters. The number of nitrogens with one attached hydrogen (secondary N) is 1. The predicted octanol–water partition coefficient (Wildman–Crippen LogP) is 3.46. The van der Waals surface area contributed by atoms with Crippen LogP contribution >= 0.6 is 23.2 Å². The highest BCUT2D eigenvalue weighted by molar-refractivity contribution is 6.34. The predicted molar refractivity (Wildman–Crippen MR) is 66.0 cm³/mol. The van der Waals surface area contributed by atoms with Gasteiger partial charge in [0.05, 0.1) is 0 Å². The third-order valence-electron chi connectivity index (χ3n) is 2.04. The molecule has 1 aromatic rings. The molecule has 0 saturated heterocycles. The van der Waals surface area contributed by atoms with Crippen LogP contribution in [0.25, 0.3) is 0 Å². The first kappa shape index (κ1) is 12.5. The summed E-state index contributed by atoms with van der Waals surface area (Å²) in [5, 5.41) is 1.22. The van der Waals surface area contributed by atoms with Crippen molar-refractivity contribution >= 4 is 23.2 Å². The molecule has 0 amide bonds. The minimum absolute atomic E-state index is 0.00120. The zero-order valence-electron chi connectivity index (χ0n) is 8.56. The average Bonchev–Trinajstić information content (AvgIpc) is 2.12. The van der Waals surface area contributed by atoms with E-state index >= 15 is 0 Å². The molecule has 82 valence electrons. The van der Waals surface area contributed by atoms with E-state index in [1.807, 2.05) is 19.1 Å². The minimum atomic E-state index is -0.00120. The monoisotopic (exact) mass is 244 g/mol. The van der Waals surface area contributed by atoms with E-state index in [0.29, 0.717) is 10.0 Å². The minimum Gasteiger partial charge on any atom is -0.271 e. The van der Waals surface area contributed by atoms with Crippen molar-refractivity contribution in [1.82, 2.24) is 5.43 Å². The zero-order valence-corrected chi connectivity index (χ0v) is 10.1. The Labute approximate surface area is 100 Å². The van der Waals surface area contributed by atoms with E-state index in [1.54, 1.807) is 6.07 Å². The maximum absolute atomic E-state index is 5.91. The van der Waals surface area contributed by atoms with E-state index in [9.17, 15) is 0 Å². The molecule has 0 saturated carbocycles. The third kappa shape index (κ3) is 3.84. The van der Waals surface area contributed by atoms with E-state index in [4.69, 9.17) is 29.0 Å². The lowest BCUT2D eigenvalue weighted by Crippen LogP contribution is -2.28. The largest absolute Gasteiger partial charge is 0.271 e. The smallest absolute Gasteiger partial charge is 0.0497 e. The lowest BCUT2D eigenvalue weighted by atomic mass is 10.0. The lowest BCUT2D eigenvalue weighted by Gasteiger charge is -2.16. The Kier molecular flexibility index (Phi) is 4.61. The highest BCUT2D eigenvalue weighted by Gasteiger charge is 2.11. The molecule has 0 radical (unpaired) electrons. The van der Waals surface area contributed by atoms with Gasteiger partial charge in [0.2, 0.25) is 0 Å². The first-order valence-corrected chi connectivity index (χ1v) is 5.35. The van der Waals surface area contributed by atoms with Crippen molar-refractivity contribution < 1.29 is 0 Å². The van der Waals surface area contributed by atoms with E-state index in [-0.39, 0.29) is 6.04 Å². The summed E-state index contributed by atoms with van der Waals surface area (Å²) in [4.78, 5) is 0. The molecule has 1 rings (SSSR count). The van der Waals surface area contributed by atoms with Crippen molar-refractivity contribution in [2.75, 3.05) is 0 Å². The van der Waals surface area contributed by atoms with Crippen LogP contribution in [-0.2, 0) is 0 Å². The molecule has 0 spiro atoms. The van der Waals surface area contributed by atoms with Gasteiger partial charge in [0.15, 0.2) is 0 Å². The van der Waals surface area contributed by atoms with E-state index < -0.39 is 0 Å². The van der Waals surface area contributed by atoms with Gasteiger partial charge in [0.25, 0.3) is 0 Å². The first-order chi connectivity index (χ1) is 7.02. The van der Waals surface area contributed by atoms with Gasteiger partial charge < -0.3 is 0 Å². The van der Waals surface area contributed by atoms with Crippen LogP contribution in [-0.4, -0.2) is 0 Å². The molecule has 3 N–H and O–H groups in total. The Bertz CT molecular complexity index is 343. The quantitative estimate of drug-likeness (QED) is 0.484. The highest BCUT2D eigenvalue weighted by Crippen LogP contribution is 2.26. The van der Waals surface area contributed by atoms with Gasteiger partial charge in [-0.1, -0.05) is 28.8 Å². The summed E-state index contributed by atoms with van der Waals surface area (Å²) in [7, 11) is 0. The van der Waals surface area contributed by atoms with Crippen molar-refractivity contribution in [1.29, 1.82) is 0 Å².